The van der Waals surface area contributed by atoms with Crippen molar-refractivity contribution in [3.05, 3.63) is 29.6 Å². The normalized spacial score (nSPS) is 25.1. The topological polar surface area (TPSA) is 67.6 Å². The van der Waals surface area contributed by atoms with Gasteiger partial charge in [-0.3, -0.25) is 4.68 Å². The van der Waals surface area contributed by atoms with Gasteiger partial charge in [0.1, 0.15) is 16.9 Å². The Hall–Kier alpha value is -1.96. The van der Waals surface area contributed by atoms with E-state index in [-0.39, 0.29) is 25.2 Å². The largest absolute Gasteiger partial charge is 0.444 e. The molecule has 0 bridgehead atoms. The maximum atomic E-state index is 14.8. The van der Waals surface area contributed by atoms with Gasteiger partial charge in [0.05, 0.1) is 18.8 Å². The van der Waals surface area contributed by atoms with Crippen LogP contribution in [0.3, 0.4) is 0 Å². The van der Waals surface area contributed by atoms with E-state index in [2.05, 4.69) is 11.7 Å². The molecule has 6 nitrogen and oxygen atoms in total. The van der Waals surface area contributed by atoms with Crippen LogP contribution in [-0.4, -0.2) is 43.6 Å². The molecule has 3 rings (SSSR count). The summed E-state index contributed by atoms with van der Waals surface area (Å²) in [5, 5.41) is 14.8. The molecule has 1 unspecified atom stereocenters. The van der Waals surface area contributed by atoms with Crippen LogP contribution < -0.4 is 0 Å². The highest BCUT2D eigenvalue weighted by Crippen LogP contribution is 2.42. The fourth-order valence-electron chi connectivity index (χ4n) is 3.43. The summed E-state index contributed by atoms with van der Waals surface area (Å²) >= 11 is 0. The van der Waals surface area contributed by atoms with Crippen molar-refractivity contribution >= 4 is 6.09 Å². The second kappa shape index (κ2) is 6.04. The highest BCUT2D eigenvalue weighted by atomic mass is 19.3. The smallest absolute Gasteiger partial charge is 0.410 e. The Balaban J connectivity index is 1.95. The molecule has 0 spiro atoms. The molecule has 0 saturated heterocycles. The van der Waals surface area contributed by atoms with Crippen LogP contribution in [0.15, 0.2) is 12.7 Å². The molecule has 2 aliphatic rings. The lowest BCUT2D eigenvalue weighted by atomic mass is 9.95. The molecule has 0 aromatic carbocycles. The summed E-state index contributed by atoms with van der Waals surface area (Å²) < 4.78 is 36.2. The van der Waals surface area contributed by atoms with Crippen LogP contribution in [0.5, 0.6) is 0 Å². The number of carbonyl (C=O) groups excluding carboxylic acids is 1. The number of hydrogen-bond donors (Lipinski definition) is 1. The third kappa shape index (κ3) is 3.47. The Bertz CT molecular complexity index is 739. The lowest BCUT2D eigenvalue weighted by Crippen LogP contribution is -2.40. The fourth-order valence-corrected chi connectivity index (χ4v) is 3.43. The van der Waals surface area contributed by atoms with Crippen molar-refractivity contribution in [3.63, 3.8) is 0 Å². The Labute approximate surface area is 151 Å². The van der Waals surface area contributed by atoms with Crippen molar-refractivity contribution in [1.82, 2.24) is 14.7 Å². The quantitative estimate of drug-likeness (QED) is 0.773. The van der Waals surface area contributed by atoms with Crippen molar-refractivity contribution < 1.29 is 23.4 Å². The first-order valence-corrected chi connectivity index (χ1v) is 8.75. The van der Waals surface area contributed by atoms with Gasteiger partial charge in [0, 0.05) is 24.9 Å². The van der Waals surface area contributed by atoms with E-state index in [4.69, 9.17) is 4.74 Å². The lowest BCUT2D eigenvalue weighted by Gasteiger charge is -2.30. The third-order valence-electron chi connectivity index (χ3n) is 4.77. The number of nitrogens with zero attached hydrogens (tertiary/aromatic N) is 3. The number of fused-ring (bicyclic) bond motifs is 3. The molecule has 0 fully saturated rings. The van der Waals surface area contributed by atoms with Gasteiger partial charge in [-0.15, -0.1) is 6.58 Å². The molecule has 0 aliphatic carbocycles. The molecule has 0 radical (unpaired) electrons. The summed E-state index contributed by atoms with van der Waals surface area (Å²) in [7, 11) is 0. The maximum Gasteiger partial charge on any atom is 0.410 e. The monoisotopic (exact) mass is 369 g/mol. The predicted octanol–water partition coefficient (Wildman–Crippen LogP) is 2.98. The average Bonchev–Trinajstić information content (AvgIpc) is 2.84. The number of aromatic nitrogens is 2. The van der Waals surface area contributed by atoms with Gasteiger partial charge in [-0.1, -0.05) is 6.08 Å². The first-order chi connectivity index (χ1) is 11.9. The number of carbonyl (C=O) groups is 1. The molecular weight excluding hydrogens is 344 g/mol. The molecular formula is C18H25F2N3O3. The third-order valence-corrected chi connectivity index (χ3v) is 4.77. The summed E-state index contributed by atoms with van der Waals surface area (Å²) in [5.41, 5.74) is -1.38. The molecule has 8 heteroatoms. The summed E-state index contributed by atoms with van der Waals surface area (Å²) in [5.74, 6) is -3.13. The minimum Gasteiger partial charge on any atom is -0.444 e. The van der Waals surface area contributed by atoms with Crippen molar-refractivity contribution in [1.29, 1.82) is 0 Å². The molecule has 144 valence electrons. The van der Waals surface area contributed by atoms with Gasteiger partial charge >= 0.3 is 6.09 Å². The summed E-state index contributed by atoms with van der Waals surface area (Å²) in [6.07, 6.45) is 0.545. The Kier molecular flexibility index (Phi) is 4.37. The van der Waals surface area contributed by atoms with Crippen LogP contribution in [0.1, 0.15) is 50.6 Å². The van der Waals surface area contributed by atoms with E-state index in [0.29, 0.717) is 24.2 Å². The number of rotatable bonds is 1. The first kappa shape index (κ1) is 18.8. The lowest BCUT2D eigenvalue weighted by molar-refractivity contribution is -0.0316. The second-order valence-electron chi connectivity index (χ2n) is 8.10. The van der Waals surface area contributed by atoms with Gasteiger partial charge in [-0.25, -0.2) is 4.79 Å². The minimum atomic E-state index is -3.13. The van der Waals surface area contributed by atoms with E-state index >= 15 is 0 Å². The van der Waals surface area contributed by atoms with Gasteiger partial charge < -0.3 is 14.7 Å². The summed E-state index contributed by atoms with van der Waals surface area (Å²) in [4.78, 5) is 13.8. The fraction of sp³-hybridized carbons (Fsp3) is 0.667. The summed E-state index contributed by atoms with van der Waals surface area (Å²) in [6.45, 7) is 9.16. The Morgan fingerprint density at radius 3 is 2.69 bits per heavy atom. The minimum absolute atomic E-state index is 0.0295. The second-order valence-corrected chi connectivity index (χ2v) is 8.10. The van der Waals surface area contributed by atoms with E-state index in [1.807, 2.05) is 0 Å². The molecule has 1 aromatic rings. The molecule has 1 amide bonds. The first-order valence-electron chi connectivity index (χ1n) is 8.75. The highest BCUT2D eigenvalue weighted by Gasteiger charge is 2.46. The van der Waals surface area contributed by atoms with Crippen molar-refractivity contribution in [2.24, 2.45) is 0 Å². The van der Waals surface area contributed by atoms with Gasteiger partial charge in [0.2, 0.25) is 0 Å². The van der Waals surface area contributed by atoms with Gasteiger partial charge in [-0.2, -0.15) is 13.9 Å². The van der Waals surface area contributed by atoms with E-state index in [1.165, 1.54) is 15.7 Å². The number of ether oxygens (including phenoxy) is 1. The highest BCUT2D eigenvalue weighted by molar-refractivity contribution is 5.68. The molecule has 1 atom stereocenters. The number of alkyl halides is 2. The van der Waals surface area contributed by atoms with Gasteiger partial charge in [0.15, 0.2) is 0 Å². The number of halogens is 2. The van der Waals surface area contributed by atoms with Crippen LogP contribution >= 0.6 is 0 Å². The van der Waals surface area contributed by atoms with Crippen molar-refractivity contribution in [2.45, 2.75) is 70.2 Å². The average molecular weight is 369 g/mol. The molecule has 2 aliphatic heterocycles. The zero-order valence-electron chi connectivity index (χ0n) is 15.4. The van der Waals surface area contributed by atoms with Crippen molar-refractivity contribution in [3.8, 4) is 0 Å². The number of hydrogen-bond acceptors (Lipinski definition) is 4. The SMILES string of the molecule is C=CC1(O)CCC(F)(F)c2c3c(nn2C1)CCN(C(=O)OC(C)(C)C)C3. The molecule has 1 N–H and O–H groups in total. The van der Waals surface area contributed by atoms with Crippen molar-refractivity contribution in [2.75, 3.05) is 6.54 Å². The van der Waals surface area contributed by atoms with Crippen LogP contribution in [0.25, 0.3) is 0 Å². The maximum absolute atomic E-state index is 14.8. The Morgan fingerprint density at radius 1 is 1.38 bits per heavy atom. The van der Waals surface area contributed by atoms with E-state index in [9.17, 15) is 18.7 Å². The zero-order chi connectivity index (χ0) is 19.3. The number of aliphatic hydroxyl groups is 1. The number of amides is 1. The molecule has 0 saturated carbocycles. The predicted molar refractivity (Wildman–Crippen MR) is 90.8 cm³/mol. The van der Waals surface area contributed by atoms with Crippen LogP contribution in [0, 0.1) is 0 Å². The zero-order valence-corrected chi connectivity index (χ0v) is 15.4. The van der Waals surface area contributed by atoms with Gasteiger partial charge in [-0.05, 0) is 27.2 Å². The van der Waals surface area contributed by atoms with Crippen LogP contribution in [0.2, 0.25) is 0 Å². The Morgan fingerprint density at radius 2 is 2.08 bits per heavy atom. The van der Waals surface area contributed by atoms with E-state index in [1.54, 1.807) is 20.8 Å². The van der Waals surface area contributed by atoms with Crippen LogP contribution in [-0.2, 0) is 30.2 Å². The van der Waals surface area contributed by atoms with E-state index in [0.717, 1.165) is 0 Å². The van der Waals surface area contributed by atoms with Crippen LogP contribution in [0.4, 0.5) is 13.6 Å². The van der Waals surface area contributed by atoms with Gasteiger partial charge in [0.25, 0.3) is 5.92 Å². The molecule has 1 aromatic heterocycles. The molecule has 3 heterocycles. The van der Waals surface area contributed by atoms with E-state index < -0.39 is 29.6 Å². The summed E-state index contributed by atoms with van der Waals surface area (Å²) in [6, 6.07) is 0. The standard InChI is InChI=1S/C18H25F2N3O3/c1-5-17(25)7-8-18(19,20)14-12-10-22(15(24)26-16(2,3)4)9-6-13(12)21-23(14)11-17/h5,25H,1,6-11H2,2-4H3. The molecule has 26 heavy (non-hydrogen) atoms.